The number of rotatable bonds is 2. The number of hydrogen-bond acceptors (Lipinski definition) is 4. The zero-order valence-corrected chi connectivity index (χ0v) is 5.59. The topological polar surface area (TPSA) is 121 Å². The van der Waals surface area contributed by atoms with Gasteiger partial charge in [0.25, 0.3) is 11.3 Å². The molecule has 0 radical (unpaired) electrons. The molecule has 0 aliphatic carbocycles. The lowest BCUT2D eigenvalue weighted by atomic mass is 13.0. The quantitative estimate of drug-likeness (QED) is 0.195. The van der Waals surface area contributed by atoms with Crippen molar-refractivity contribution in [2.45, 2.75) is 0 Å². The highest BCUT2D eigenvalue weighted by atomic mass is 32.3. The summed E-state index contributed by atoms with van der Waals surface area (Å²) in [6.07, 6.45) is 0. The largest absolute Gasteiger partial charge is 0.362 e. The average molecular weight is 176 g/mol. The van der Waals surface area contributed by atoms with Crippen LogP contribution in [0.25, 0.3) is 0 Å². The molecule has 0 spiro atoms. The van der Waals surface area contributed by atoms with Crippen LogP contribution in [0.2, 0.25) is 0 Å². The first-order chi connectivity index (χ1) is 3.85. The van der Waals surface area contributed by atoms with Crippen LogP contribution in [0.5, 0.6) is 0 Å². The molecular weight excluding hydrogens is 172 g/mol. The van der Waals surface area contributed by atoms with Gasteiger partial charge in [0, 0.05) is 0 Å². The van der Waals surface area contributed by atoms with Crippen molar-refractivity contribution in [3.8, 4) is 0 Å². The van der Waals surface area contributed by atoms with Gasteiger partial charge in [0.1, 0.15) is 0 Å². The van der Waals surface area contributed by atoms with Crippen molar-refractivity contribution in [3.63, 3.8) is 0 Å². The molecule has 0 saturated carbocycles. The number of hydrazine groups is 1. The summed E-state index contributed by atoms with van der Waals surface area (Å²) in [4.78, 5) is 0. The van der Waals surface area contributed by atoms with E-state index in [0.717, 1.165) is 0 Å². The summed E-state index contributed by atoms with van der Waals surface area (Å²) < 4.78 is 44.4. The fourth-order valence-electron chi connectivity index (χ4n) is 0.0806. The molecular formula is H4N2O5S2. The smallest absolute Gasteiger partial charge is 0.292 e. The lowest BCUT2D eigenvalue weighted by molar-refractivity contribution is 0.417. The van der Waals surface area contributed by atoms with Crippen LogP contribution in [0, 0.1) is 0 Å². The van der Waals surface area contributed by atoms with E-state index in [0.29, 0.717) is 0 Å². The predicted octanol–water partition coefficient (Wildman–Crippen LogP) is -1.90. The maximum Gasteiger partial charge on any atom is 0.362 e. The molecule has 0 aromatic rings. The summed E-state index contributed by atoms with van der Waals surface area (Å²) >= 11 is -2.91. The summed E-state index contributed by atoms with van der Waals surface area (Å²) in [7, 11) is -4.74. The third kappa shape index (κ3) is 2.84. The van der Waals surface area contributed by atoms with E-state index in [1.807, 2.05) is 0 Å². The van der Waals surface area contributed by atoms with Gasteiger partial charge in [-0.25, -0.2) is 10.1 Å². The highest BCUT2D eigenvalue weighted by Gasteiger charge is 2.19. The maximum atomic E-state index is 9.78. The van der Waals surface area contributed by atoms with E-state index in [9.17, 15) is 12.6 Å². The molecule has 56 valence electrons. The standard InChI is InChI=1S/H4N2O5S2/c1-2(8(3)4)9(5,6)7/h1H2,(H,3,4)(H,5,6,7). The molecule has 4 N–H and O–H groups in total. The summed E-state index contributed by atoms with van der Waals surface area (Å²) in [6, 6.07) is 0. The van der Waals surface area contributed by atoms with Crippen molar-refractivity contribution in [2.24, 2.45) is 5.84 Å². The summed E-state index contributed by atoms with van der Waals surface area (Å²) in [5.41, 5.74) is 0. The molecule has 9 heavy (non-hydrogen) atoms. The van der Waals surface area contributed by atoms with Crippen molar-refractivity contribution in [1.82, 2.24) is 3.82 Å². The van der Waals surface area contributed by atoms with Crippen LogP contribution in [0.4, 0.5) is 0 Å². The molecule has 0 aliphatic heterocycles. The van der Waals surface area contributed by atoms with Gasteiger partial charge in [-0.1, -0.05) is 0 Å². The van der Waals surface area contributed by atoms with Gasteiger partial charge in [-0.05, 0) is 3.82 Å². The molecule has 0 saturated heterocycles. The lowest BCUT2D eigenvalue weighted by Gasteiger charge is -2.03. The number of nitrogens with two attached hydrogens (primary N) is 1. The minimum Gasteiger partial charge on any atom is -0.292 e. The zero-order valence-electron chi connectivity index (χ0n) is 3.96. The Balaban J connectivity index is 4.43. The van der Waals surface area contributed by atoms with E-state index in [2.05, 4.69) is 5.84 Å². The second-order valence-electron chi connectivity index (χ2n) is 0.964. The SMILES string of the molecule is NN(S(=O)O)S(=O)(=O)O. The highest BCUT2D eigenvalue weighted by molar-refractivity contribution is 7.95. The van der Waals surface area contributed by atoms with E-state index < -0.39 is 25.4 Å². The van der Waals surface area contributed by atoms with Crippen LogP contribution in [-0.4, -0.2) is 25.6 Å². The Bertz CT molecular complexity index is 203. The van der Waals surface area contributed by atoms with E-state index in [1.54, 1.807) is 0 Å². The molecule has 1 atom stereocenters. The van der Waals surface area contributed by atoms with Gasteiger partial charge >= 0.3 is 10.3 Å². The molecule has 0 aromatic carbocycles. The van der Waals surface area contributed by atoms with Gasteiger partial charge in [0.15, 0.2) is 0 Å². The molecule has 0 bridgehead atoms. The molecule has 9 heteroatoms. The lowest BCUT2D eigenvalue weighted by Crippen LogP contribution is -2.37. The fourth-order valence-corrected chi connectivity index (χ4v) is 0.725. The van der Waals surface area contributed by atoms with E-state index in [-0.39, 0.29) is 0 Å². The van der Waals surface area contributed by atoms with Gasteiger partial charge in [0.2, 0.25) is 0 Å². The molecule has 0 fully saturated rings. The second-order valence-corrected chi connectivity index (χ2v) is 3.34. The van der Waals surface area contributed by atoms with Gasteiger partial charge in [-0.15, -0.1) is 0 Å². The predicted molar refractivity (Wildman–Crippen MR) is 28.3 cm³/mol. The first-order valence-electron chi connectivity index (χ1n) is 1.49. The molecule has 0 aromatic heterocycles. The second kappa shape index (κ2) is 2.68. The third-order valence-corrected chi connectivity index (χ3v) is 2.09. The first kappa shape index (κ1) is 8.94. The average Bonchev–Trinajstić information content (AvgIpc) is 1.62. The molecule has 0 heterocycles. The van der Waals surface area contributed by atoms with Gasteiger partial charge in [0.05, 0.1) is 0 Å². The third-order valence-electron chi connectivity index (χ3n) is 0.381. The van der Waals surface area contributed by atoms with Crippen molar-refractivity contribution in [1.29, 1.82) is 0 Å². The van der Waals surface area contributed by atoms with Crippen LogP contribution in [0.3, 0.4) is 0 Å². The molecule has 0 aliphatic rings. The van der Waals surface area contributed by atoms with Gasteiger partial charge in [-0.3, -0.25) is 9.11 Å². The molecule has 0 amide bonds. The van der Waals surface area contributed by atoms with E-state index in [4.69, 9.17) is 9.11 Å². The number of nitrogens with zero attached hydrogens (tertiary/aromatic N) is 1. The Morgan fingerprint density at radius 3 is 1.89 bits per heavy atom. The summed E-state index contributed by atoms with van der Waals surface area (Å²) in [5, 5.41) is 0. The first-order valence-corrected chi connectivity index (χ1v) is 3.95. The highest BCUT2D eigenvalue weighted by Crippen LogP contribution is 1.89. The monoisotopic (exact) mass is 176 g/mol. The van der Waals surface area contributed by atoms with Crippen molar-refractivity contribution in [3.05, 3.63) is 0 Å². The van der Waals surface area contributed by atoms with E-state index in [1.165, 1.54) is 0 Å². The Kier molecular flexibility index (Phi) is 2.66. The number of hydrogen-bond donors (Lipinski definition) is 3. The van der Waals surface area contributed by atoms with Crippen LogP contribution in [-0.2, 0) is 21.6 Å². The molecule has 7 nitrogen and oxygen atoms in total. The van der Waals surface area contributed by atoms with Crippen LogP contribution in [0.1, 0.15) is 0 Å². The van der Waals surface area contributed by atoms with Crippen molar-refractivity contribution >= 4 is 21.6 Å². The molecule has 1 unspecified atom stereocenters. The minimum atomic E-state index is -4.74. The fraction of sp³-hybridized carbons (Fsp3) is 0. The Morgan fingerprint density at radius 1 is 1.56 bits per heavy atom. The molecule has 0 rings (SSSR count). The minimum absolute atomic E-state index is 0.590. The Hall–Kier alpha value is -0.0600. The Labute approximate surface area is 53.7 Å². The van der Waals surface area contributed by atoms with Crippen LogP contribution < -0.4 is 5.84 Å². The normalized spacial score (nSPS) is 16.0. The van der Waals surface area contributed by atoms with Crippen molar-refractivity contribution < 1.29 is 21.7 Å². The van der Waals surface area contributed by atoms with Crippen LogP contribution in [0.15, 0.2) is 0 Å². The zero-order chi connectivity index (χ0) is 7.65. The summed E-state index contributed by atoms with van der Waals surface area (Å²) in [6.45, 7) is 0. The van der Waals surface area contributed by atoms with Crippen LogP contribution >= 0.6 is 0 Å². The van der Waals surface area contributed by atoms with E-state index >= 15 is 0 Å². The van der Waals surface area contributed by atoms with Gasteiger partial charge < -0.3 is 0 Å². The van der Waals surface area contributed by atoms with Crippen molar-refractivity contribution in [2.75, 3.05) is 0 Å². The maximum absolute atomic E-state index is 9.78. The summed E-state index contributed by atoms with van der Waals surface area (Å²) in [5.74, 6) is 4.34. The van der Waals surface area contributed by atoms with Gasteiger partial charge in [-0.2, -0.15) is 8.42 Å². The Morgan fingerprint density at radius 2 is 1.89 bits per heavy atom.